The highest BCUT2D eigenvalue weighted by Crippen LogP contribution is 2.27. The number of pyridine rings is 1. The predicted octanol–water partition coefficient (Wildman–Crippen LogP) is 2.75. The van der Waals surface area contributed by atoms with Gasteiger partial charge in [-0.05, 0) is 28.1 Å². The number of fused-ring (bicyclic) bond motifs is 1. The van der Waals surface area contributed by atoms with Crippen LogP contribution < -0.4 is 5.56 Å². The molecule has 3 aromatic rings. The molecule has 1 unspecified atom stereocenters. The van der Waals surface area contributed by atoms with Crippen molar-refractivity contribution in [2.75, 3.05) is 0 Å². The van der Waals surface area contributed by atoms with Gasteiger partial charge in [-0.2, -0.15) is 10.4 Å². The van der Waals surface area contributed by atoms with Gasteiger partial charge >= 0.3 is 0 Å². The Morgan fingerprint density at radius 2 is 2.05 bits per heavy atom. The fourth-order valence-corrected chi connectivity index (χ4v) is 2.81. The van der Waals surface area contributed by atoms with Crippen molar-refractivity contribution in [2.24, 2.45) is 7.05 Å². The summed E-state index contributed by atoms with van der Waals surface area (Å²) in [7, 11) is 1.56. The zero-order valence-corrected chi connectivity index (χ0v) is 13.3. The van der Waals surface area contributed by atoms with Gasteiger partial charge in [-0.3, -0.25) is 9.78 Å². The number of benzene rings is 1. The van der Waals surface area contributed by atoms with Crippen molar-refractivity contribution in [2.45, 2.75) is 5.92 Å². The van der Waals surface area contributed by atoms with E-state index in [-0.39, 0.29) is 5.56 Å². The molecule has 0 N–H and O–H groups in total. The van der Waals surface area contributed by atoms with Crippen molar-refractivity contribution in [3.05, 3.63) is 68.7 Å². The standard InChI is InChI=1S/C16H11BrN4O/c1-21-16(22)15(12(17)9-19-21)11(8-18)14-7-6-10-4-2-3-5-13(10)20-14/h2-7,9,11H,1H3. The van der Waals surface area contributed by atoms with Gasteiger partial charge < -0.3 is 0 Å². The van der Waals surface area contributed by atoms with Crippen molar-refractivity contribution < 1.29 is 0 Å². The predicted molar refractivity (Wildman–Crippen MR) is 86.4 cm³/mol. The number of nitriles is 1. The number of para-hydroxylation sites is 1. The highest BCUT2D eigenvalue weighted by Gasteiger charge is 2.22. The van der Waals surface area contributed by atoms with E-state index in [1.54, 1.807) is 13.1 Å². The first-order valence-electron chi connectivity index (χ1n) is 6.59. The van der Waals surface area contributed by atoms with Gasteiger partial charge in [0, 0.05) is 16.9 Å². The molecular weight excluding hydrogens is 344 g/mol. The van der Waals surface area contributed by atoms with E-state index >= 15 is 0 Å². The Balaban J connectivity index is 2.21. The fourth-order valence-electron chi connectivity index (χ4n) is 2.32. The van der Waals surface area contributed by atoms with Gasteiger partial charge in [0.1, 0.15) is 5.92 Å². The number of aryl methyl sites for hydroxylation is 1. The molecule has 1 atom stereocenters. The Morgan fingerprint density at radius 3 is 2.82 bits per heavy atom. The van der Waals surface area contributed by atoms with E-state index in [2.05, 4.69) is 32.1 Å². The van der Waals surface area contributed by atoms with E-state index in [0.29, 0.717) is 15.7 Å². The van der Waals surface area contributed by atoms with Crippen molar-refractivity contribution in [1.29, 1.82) is 5.26 Å². The number of rotatable bonds is 2. The Morgan fingerprint density at radius 1 is 1.27 bits per heavy atom. The maximum absolute atomic E-state index is 12.3. The van der Waals surface area contributed by atoms with Crippen LogP contribution in [0.1, 0.15) is 17.2 Å². The van der Waals surface area contributed by atoms with Crippen molar-refractivity contribution in [3.63, 3.8) is 0 Å². The topological polar surface area (TPSA) is 71.6 Å². The highest BCUT2D eigenvalue weighted by atomic mass is 79.9. The summed E-state index contributed by atoms with van der Waals surface area (Å²) in [5.41, 5.74) is 1.38. The average Bonchev–Trinajstić information content (AvgIpc) is 2.55. The van der Waals surface area contributed by atoms with Crippen LogP contribution in [0.4, 0.5) is 0 Å². The second-order valence-electron chi connectivity index (χ2n) is 4.83. The number of hydrogen-bond donors (Lipinski definition) is 0. The molecule has 2 heterocycles. The van der Waals surface area contributed by atoms with E-state index in [4.69, 9.17) is 0 Å². The molecule has 0 aliphatic rings. The summed E-state index contributed by atoms with van der Waals surface area (Å²) >= 11 is 3.32. The molecular formula is C16H11BrN4O. The molecule has 2 aromatic heterocycles. The van der Waals surface area contributed by atoms with Gasteiger partial charge in [0.15, 0.2) is 0 Å². The lowest BCUT2D eigenvalue weighted by molar-refractivity contribution is 0.686. The maximum atomic E-state index is 12.3. The van der Waals surface area contributed by atoms with Crippen LogP contribution in [0.3, 0.4) is 0 Å². The zero-order chi connectivity index (χ0) is 15.7. The molecule has 0 saturated carbocycles. The fraction of sp³-hybridized carbons (Fsp3) is 0.125. The number of nitrogens with zero attached hydrogens (tertiary/aromatic N) is 4. The van der Waals surface area contributed by atoms with Gasteiger partial charge in [-0.15, -0.1) is 0 Å². The normalized spacial score (nSPS) is 12.0. The van der Waals surface area contributed by atoms with E-state index in [0.717, 1.165) is 10.9 Å². The van der Waals surface area contributed by atoms with Crippen LogP contribution in [-0.2, 0) is 7.05 Å². The molecule has 0 fully saturated rings. The number of aromatic nitrogens is 3. The minimum absolute atomic E-state index is 0.309. The Kier molecular flexibility index (Phi) is 3.73. The quantitative estimate of drug-likeness (QED) is 0.709. The molecule has 1 aromatic carbocycles. The minimum atomic E-state index is -0.749. The van der Waals surface area contributed by atoms with Crippen LogP contribution in [0.2, 0.25) is 0 Å². The molecule has 22 heavy (non-hydrogen) atoms. The van der Waals surface area contributed by atoms with Crippen LogP contribution >= 0.6 is 15.9 Å². The van der Waals surface area contributed by atoms with E-state index in [9.17, 15) is 10.1 Å². The Labute approximate surface area is 135 Å². The number of hydrogen-bond acceptors (Lipinski definition) is 4. The molecule has 0 spiro atoms. The summed E-state index contributed by atoms with van der Waals surface area (Å²) in [6.45, 7) is 0. The molecule has 108 valence electrons. The highest BCUT2D eigenvalue weighted by molar-refractivity contribution is 9.10. The van der Waals surface area contributed by atoms with Crippen molar-refractivity contribution >= 4 is 26.8 Å². The van der Waals surface area contributed by atoms with Crippen molar-refractivity contribution in [3.8, 4) is 6.07 Å². The lowest BCUT2D eigenvalue weighted by atomic mass is 9.97. The van der Waals surface area contributed by atoms with E-state index in [1.807, 2.05) is 30.3 Å². The molecule has 0 amide bonds. The zero-order valence-electron chi connectivity index (χ0n) is 11.7. The summed E-state index contributed by atoms with van der Waals surface area (Å²) in [5.74, 6) is -0.749. The molecule has 5 nitrogen and oxygen atoms in total. The Bertz CT molecular complexity index is 958. The molecule has 0 aliphatic carbocycles. The van der Waals surface area contributed by atoms with Crippen LogP contribution in [0.25, 0.3) is 10.9 Å². The first-order chi connectivity index (χ1) is 10.6. The molecule has 6 heteroatoms. The second kappa shape index (κ2) is 5.70. The van der Waals surface area contributed by atoms with Crippen LogP contribution in [-0.4, -0.2) is 14.8 Å². The monoisotopic (exact) mass is 354 g/mol. The third-order valence-corrected chi connectivity index (χ3v) is 4.09. The summed E-state index contributed by atoms with van der Waals surface area (Å²) in [6.07, 6.45) is 1.52. The lowest BCUT2D eigenvalue weighted by Gasteiger charge is -2.12. The maximum Gasteiger partial charge on any atom is 0.272 e. The average molecular weight is 355 g/mol. The van der Waals surface area contributed by atoms with Gasteiger partial charge in [0.2, 0.25) is 0 Å². The SMILES string of the molecule is Cn1ncc(Br)c(C(C#N)c2ccc3ccccc3n2)c1=O. The summed E-state index contributed by atoms with van der Waals surface area (Å²) in [6, 6.07) is 13.5. The van der Waals surface area contributed by atoms with Gasteiger partial charge in [0.25, 0.3) is 5.56 Å². The summed E-state index contributed by atoms with van der Waals surface area (Å²) < 4.78 is 1.72. The number of halogens is 1. The molecule has 0 saturated heterocycles. The van der Waals surface area contributed by atoms with E-state index in [1.165, 1.54) is 10.9 Å². The largest absolute Gasteiger partial charge is 0.272 e. The van der Waals surface area contributed by atoms with Crippen LogP contribution in [0.15, 0.2) is 51.9 Å². The smallest absolute Gasteiger partial charge is 0.267 e. The van der Waals surface area contributed by atoms with E-state index < -0.39 is 5.92 Å². The van der Waals surface area contributed by atoms with Crippen LogP contribution in [0, 0.1) is 11.3 Å². The first-order valence-corrected chi connectivity index (χ1v) is 7.38. The van der Waals surface area contributed by atoms with Gasteiger partial charge in [-0.1, -0.05) is 24.3 Å². The van der Waals surface area contributed by atoms with Crippen LogP contribution in [0.5, 0.6) is 0 Å². The second-order valence-corrected chi connectivity index (χ2v) is 5.68. The minimum Gasteiger partial charge on any atom is -0.267 e. The van der Waals surface area contributed by atoms with Gasteiger partial charge in [-0.25, -0.2) is 4.68 Å². The molecule has 0 aliphatic heterocycles. The summed E-state index contributed by atoms with van der Waals surface area (Å²) in [5, 5.41) is 14.5. The molecule has 0 radical (unpaired) electrons. The molecule has 0 bridgehead atoms. The third-order valence-electron chi connectivity index (χ3n) is 3.46. The Hall–Kier alpha value is -2.52. The lowest BCUT2D eigenvalue weighted by Crippen LogP contribution is -2.26. The van der Waals surface area contributed by atoms with Gasteiger partial charge in [0.05, 0.1) is 29.0 Å². The molecule has 3 rings (SSSR count). The first kappa shape index (κ1) is 14.4. The summed E-state index contributed by atoms with van der Waals surface area (Å²) in [4.78, 5) is 16.8. The third kappa shape index (κ3) is 2.40. The van der Waals surface area contributed by atoms with Crippen molar-refractivity contribution in [1.82, 2.24) is 14.8 Å².